The molecule has 4 nitrogen and oxygen atoms in total. The van der Waals surface area contributed by atoms with Gasteiger partial charge in [0.1, 0.15) is 0 Å². The lowest BCUT2D eigenvalue weighted by Gasteiger charge is -2.12. The van der Waals surface area contributed by atoms with E-state index in [4.69, 9.17) is 11.6 Å². The highest BCUT2D eigenvalue weighted by atomic mass is 35.5. The average molecular weight is 264 g/mol. The normalized spacial score (nSPS) is 12.3. The summed E-state index contributed by atoms with van der Waals surface area (Å²) in [5.74, 6) is 0.421. The molecule has 1 aromatic heterocycles. The van der Waals surface area contributed by atoms with E-state index in [1.165, 1.54) is 0 Å². The standard InChI is InChI=1S/C13H14ClN3O/c1-9(4-5-14)17-13(18)10-2-3-11-12(8-10)16-7-6-15-11/h2-3,6-9H,4-5H2,1H3,(H,17,18). The van der Waals surface area contributed by atoms with Crippen LogP contribution in [-0.4, -0.2) is 27.8 Å². The van der Waals surface area contributed by atoms with E-state index in [1.54, 1.807) is 30.6 Å². The monoisotopic (exact) mass is 263 g/mol. The van der Waals surface area contributed by atoms with Crippen LogP contribution in [-0.2, 0) is 0 Å². The highest BCUT2D eigenvalue weighted by Gasteiger charge is 2.10. The molecule has 0 aliphatic heterocycles. The molecule has 0 bridgehead atoms. The molecule has 0 aliphatic rings. The average Bonchev–Trinajstić information content (AvgIpc) is 2.38. The van der Waals surface area contributed by atoms with Crippen molar-refractivity contribution in [3.05, 3.63) is 36.2 Å². The van der Waals surface area contributed by atoms with Gasteiger partial charge >= 0.3 is 0 Å². The zero-order chi connectivity index (χ0) is 13.0. The zero-order valence-corrected chi connectivity index (χ0v) is 10.8. The summed E-state index contributed by atoms with van der Waals surface area (Å²) in [4.78, 5) is 20.3. The number of nitrogens with one attached hydrogen (secondary N) is 1. The predicted molar refractivity (Wildman–Crippen MR) is 71.8 cm³/mol. The van der Waals surface area contributed by atoms with E-state index in [1.807, 2.05) is 6.92 Å². The Balaban J connectivity index is 2.17. The number of amides is 1. The molecule has 1 amide bonds. The van der Waals surface area contributed by atoms with Crippen LogP contribution in [0.25, 0.3) is 11.0 Å². The topological polar surface area (TPSA) is 54.9 Å². The molecule has 5 heteroatoms. The third-order valence-electron chi connectivity index (χ3n) is 2.65. The summed E-state index contributed by atoms with van der Waals surface area (Å²) in [6.07, 6.45) is 3.99. The number of hydrogen-bond acceptors (Lipinski definition) is 3. The van der Waals surface area contributed by atoms with Gasteiger partial charge in [0.2, 0.25) is 0 Å². The third kappa shape index (κ3) is 2.96. The molecule has 1 heterocycles. The van der Waals surface area contributed by atoms with Gasteiger partial charge in [-0.15, -0.1) is 11.6 Å². The van der Waals surface area contributed by atoms with Gasteiger partial charge in [0, 0.05) is 29.9 Å². The maximum absolute atomic E-state index is 12.0. The molecule has 0 saturated carbocycles. The number of alkyl halides is 1. The molecule has 1 unspecified atom stereocenters. The number of hydrogen-bond donors (Lipinski definition) is 1. The Labute approximate surface area is 110 Å². The Morgan fingerprint density at radius 3 is 2.78 bits per heavy atom. The predicted octanol–water partition coefficient (Wildman–Crippen LogP) is 2.38. The van der Waals surface area contributed by atoms with Gasteiger partial charge in [-0.25, -0.2) is 0 Å². The highest BCUT2D eigenvalue weighted by molar-refractivity contribution is 6.17. The van der Waals surface area contributed by atoms with Crippen LogP contribution in [0.15, 0.2) is 30.6 Å². The van der Waals surface area contributed by atoms with E-state index in [0.717, 1.165) is 17.5 Å². The van der Waals surface area contributed by atoms with Crippen LogP contribution in [0.5, 0.6) is 0 Å². The molecule has 2 aromatic rings. The van der Waals surface area contributed by atoms with Crippen molar-refractivity contribution in [1.82, 2.24) is 15.3 Å². The van der Waals surface area contributed by atoms with E-state index in [-0.39, 0.29) is 11.9 Å². The van der Waals surface area contributed by atoms with Crippen LogP contribution in [0, 0.1) is 0 Å². The first-order chi connectivity index (χ1) is 8.70. The first-order valence-electron chi connectivity index (χ1n) is 5.78. The summed E-state index contributed by atoms with van der Waals surface area (Å²) >= 11 is 5.63. The second-order valence-electron chi connectivity index (χ2n) is 4.11. The van der Waals surface area contributed by atoms with E-state index in [2.05, 4.69) is 15.3 Å². The Bertz CT molecular complexity index is 559. The Morgan fingerprint density at radius 2 is 2.06 bits per heavy atom. The van der Waals surface area contributed by atoms with Crippen molar-refractivity contribution in [2.45, 2.75) is 19.4 Å². The smallest absolute Gasteiger partial charge is 0.251 e. The fourth-order valence-electron chi connectivity index (χ4n) is 1.65. The molecule has 1 atom stereocenters. The first-order valence-corrected chi connectivity index (χ1v) is 6.32. The molecule has 94 valence electrons. The number of aromatic nitrogens is 2. The van der Waals surface area contributed by atoms with Crippen molar-refractivity contribution >= 4 is 28.5 Å². The van der Waals surface area contributed by atoms with Gasteiger partial charge in [-0.05, 0) is 31.5 Å². The lowest BCUT2D eigenvalue weighted by Crippen LogP contribution is -2.32. The molecule has 0 aliphatic carbocycles. The van der Waals surface area contributed by atoms with E-state index in [0.29, 0.717) is 11.4 Å². The lowest BCUT2D eigenvalue weighted by molar-refractivity contribution is 0.0939. The van der Waals surface area contributed by atoms with Crippen molar-refractivity contribution in [2.24, 2.45) is 0 Å². The molecular formula is C13H14ClN3O. The van der Waals surface area contributed by atoms with Crippen molar-refractivity contribution < 1.29 is 4.79 Å². The molecule has 0 saturated heterocycles. The van der Waals surface area contributed by atoms with E-state index in [9.17, 15) is 4.79 Å². The van der Waals surface area contributed by atoms with Gasteiger partial charge in [-0.2, -0.15) is 0 Å². The largest absolute Gasteiger partial charge is 0.350 e. The maximum Gasteiger partial charge on any atom is 0.251 e. The zero-order valence-electron chi connectivity index (χ0n) is 10.1. The second-order valence-corrected chi connectivity index (χ2v) is 4.49. The number of rotatable bonds is 4. The van der Waals surface area contributed by atoms with Crippen LogP contribution in [0.3, 0.4) is 0 Å². The number of carbonyl (C=O) groups is 1. The van der Waals surface area contributed by atoms with Gasteiger partial charge in [0.25, 0.3) is 5.91 Å². The summed E-state index contributed by atoms with van der Waals surface area (Å²) in [7, 11) is 0. The van der Waals surface area contributed by atoms with Crippen LogP contribution in [0.2, 0.25) is 0 Å². The molecule has 2 rings (SSSR count). The first kappa shape index (κ1) is 12.8. The quantitative estimate of drug-likeness (QED) is 0.862. The van der Waals surface area contributed by atoms with Gasteiger partial charge in [0.15, 0.2) is 0 Å². The van der Waals surface area contributed by atoms with E-state index < -0.39 is 0 Å². The summed E-state index contributed by atoms with van der Waals surface area (Å²) in [5, 5.41) is 2.89. The number of fused-ring (bicyclic) bond motifs is 1. The molecular weight excluding hydrogens is 250 g/mol. The summed E-state index contributed by atoms with van der Waals surface area (Å²) in [6, 6.07) is 5.35. The fraction of sp³-hybridized carbons (Fsp3) is 0.308. The van der Waals surface area contributed by atoms with Gasteiger partial charge in [-0.1, -0.05) is 0 Å². The van der Waals surface area contributed by atoms with Crippen LogP contribution < -0.4 is 5.32 Å². The minimum Gasteiger partial charge on any atom is -0.350 e. The van der Waals surface area contributed by atoms with E-state index >= 15 is 0 Å². The van der Waals surface area contributed by atoms with Gasteiger partial charge in [0.05, 0.1) is 11.0 Å². The molecule has 0 fully saturated rings. The fourth-order valence-corrected chi connectivity index (χ4v) is 1.97. The maximum atomic E-state index is 12.0. The van der Waals surface area contributed by atoms with Crippen molar-refractivity contribution in [3.63, 3.8) is 0 Å². The van der Waals surface area contributed by atoms with Gasteiger partial charge < -0.3 is 5.32 Å². The van der Waals surface area contributed by atoms with Crippen molar-refractivity contribution in [3.8, 4) is 0 Å². The number of benzene rings is 1. The summed E-state index contributed by atoms with van der Waals surface area (Å²) in [5.41, 5.74) is 2.09. The van der Waals surface area contributed by atoms with Crippen molar-refractivity contribution in [1.29, 1.82) is 0 Å². The lowest BCUT2D eigenvalue weighted by atomic mass is 10.1. The van der Waals surface area contributed by atoms with Crippen LogP contribution in [0.1, 0.15) is 23.7 Å². The second kappa shape index (κ2) is 5.78. The molecule has 0 spiro atoms. The van der Waals surface area contributed by atoms with Crippen molar-refractivity contribution in [2.75, 3.05) is 5.88 Å². The Kier molecular flexibility index (Phi) is 4.10. The minimum absolute atomic E-state index is 0.0626. The molecule has 1 aromatic carbocycles. The summed E-state index contributed by atoms with van der Waals surface area (Å²) < 4.78 is 0. The Morgan fingerprint density at radius 1 is 1.33 bits per heavy atom. The number of carbonyl (C=O) groups excluding carboxylic acids is 1. The molecule has 1 N–H and O–H groups in total. The SMILES string of the molecule is CC(CCCl)NC(=O)c1ccc2nccnc2c1. The van der Waals surface area contributed by atoms with Crippen LogP contribution >= 0.6 is 11.6 Å². The Hall–Kier alpha value is -1.68. The molecule has 18 heavy (non-hydrogen) atoms. The highest BCUT2D eigenvalue weighted by Crippen LogP contribution is 2.11. The van der Waals surface area contributed by atoms with Gasteiger partial charge in [-0.3, -0.25) is 14.8 Å². The molecule has 0 radical (unpaired) electrons. The summed E-state index contributed by atoms with van der Waals surface area (Å²) in [6.45, 7) is 1.93. The number of nitrogens with zero attached hydrogens (tertiary/aromatic N) is 2. The minimum atomic E-state index is -0.111. The number of halogens is 1. The third-order valence-corrected chi connectivity index (χ3v) is 2.87. The van der Waals surface area contributed by atoms with Crippen LogP contribution in [0.4, 0.5) is 0 Å².